The summed E-state index contributed by atoms with van der Waals surface area (Å²) in [5.41, 5.74) is 2.29. The molecule has 3 aromatic rings. The van der Waals surface area contributed by atoms with Crippen molar-refractivity contribution in [3.63, 3.8) is 0 Å². The summed E-state index contributed by atoms with van der Waals surface area (Å²) in [5, 5.41) is 8.19. The van der Waals surface area contributed by atoms with Gasteiger partial charge in [-0.25, -0.2) is 4.68 Å². The number of halogens is 3. The molecule has 5 nitrogen and oxygen atoms in total. The molecule has 0 atom stereocenters. The second kappa shape index (κ2) is 7.93. The van der Waals surface area contributed by atoms with Crippen LogP contribution in [0.5, 0.6) is 11.5 Å². The van der Waals surface area contributed by atoms with Crippen LogP contribution in [0.25, 0.3) is 16.9 Å². The molecule has 0 fully saturated rings. The Balaban J connectivity index is 1.90. The quantitative estimate of drug-likeness (QED) is 0.624. The molecule has 158 valence electrons. The lowest BCUT2D eigenvalue weighted by molar-refractivity contribution is -0.137. The van der Waals surface area contributed by atoms with Crippen LogP contribution in [-0.4, -0.2) is 30.5 Å². The molecule has 1 N–H and O–H groups in total. The van der Waals surface area contributed by atoms with Crippen LogP contribution in [0, 0.1) is 0 Å². The molecule has 0 unspecified atom stereocenters. The Kier molecular flexibility index (Phi) is 5.32. The van der Waals surface area contributed by atoms with Crippen molar-refractivity contribution in [2.75, 3.05) is 26.1 Å². The maximum Gasteiger partial charge on any atom is 0.416 e. The zero-order chi connectivity index (χ0) is 21.3. The van der Waals surface area contributed by atoms with E-state index in [9.17, 15) is 13.2 Å². The van der Waals surface area contributed by atoms with Gasteiger partial charge in [0, 0.05) is 12.1 Å². The standard InChI is InChI=1S/C22H22F3N3O2/c1-29-17-7-5-8-18(30-2)19(17)20-16-6-3-4-13-26-21(16)28(27-20)15-11-9-14(10-12-15)22(23,24)25/h5,7-12,26H,3-4,6,13H2,1-2H3. The van der Waals surface area contributed by atoms with Gasteiger partial charge in [0.1, 0.15) is 23.0 Å². The highest BCUT2D eigenvalue weighted by Crippen LogP contribution is 2.43. The van der Waals surface area contributed by atoms with E-state index in [-0.39, 0.29) is 0 Å². The zero-order valence-electron chi connectivity index (χ0n) is 16.7. The number of ether oxygens (including phenoxy) is 2. The molecule has 1 aliphatic rings. The van der Waals surface area contributed by atoms with Gasteiger partial charge in [-0.1, -0.05) is 6.07 Å². The summed E-state index contributed by atoms with van der Waals surface area (Å²) in [6.07, 6.45) is -1.62. The van der Waals surface area contributed by atoms with Gasteiger partial charge in [-0.05, 0) is 55.7 Å². The Morgan fingerprint density at radius 3 is 2.23 bits per heavy atom. The smallest absolute Gasteiger partial charge is 0.416 e. The molecule has 0 saturated heterocycles. The van der Waals surface area contributed by atoms with E-state index in [4.69, 9.17) is 14.6 Å². The molecular weight excluding hydrogens is 395 g/mol. The summed E-state index contributed by atoms with van der Waals surface area (Å²) in [7, 11) is 3.17. The molecule has 0 aliphatic carbocycles. The maximum atomic E-state index is 13.0. The molecule has 2 heterocycles. The lowest BCUT2D eigenvalue weighted by Crippen LogP contribution is -2.08. The summed E-state index contributed by atoms with van der Waals surface area (Å²) in [6.45, 7) is 0.766. The number of methoxy groups -OCH3 is 2. The van der Waals surface area contributed by atoms with Crippen LogP contribution >= 0.6 is 0 Å². The van der Waals surface area contributed by atoms with E-state index in [2.05, 4.69) is 5.32 Å². The van der Waals surface area contributed by atoms with E-state index in [0.29, 0.717) is 22.9 Å². The Morgan fingerprint density at radius 1 is 0.967 bits per heavy atom. The third kappa shape index (κ3) is 3.58. The van der Waals surface area contributed by atoms with Crippen molar-refractivity contribution in [3.8, 4) is 28.4 Å². The summed E-state index contributed by atoms with van der Waals surface area (Å²) >= 11 is 0. The van der Waals surface area contributed by atoms with Gasteiger partial charge in [0.25, 0.3) is 0 Å². The third-order valence-corrected chi connectivity index (χ3v) is 5.23. The fourth-order valence-electron chi connectivity index (χ4n) is 3.77. The summed E-state index contributed by atoms with van der Waals surface area (Å²) in [4.78, 5) is 0. The molecule has 4 rings (SSSR count). The zero-order valence-corrected chi connectivity index (χ0v) is 16.7. The van der Waals surface area contributed by atoms with E-state index in [1.165, 1.54) is 12.1 Å². The topological polar surface area (TPSA) is 48.3 Å². The highest BCUT2D eigenvalue weighted by molar-refractivity contribution is 5.80. The van der Waals surface area contributed by atoms with Crippen molar-refractivity contribution in [1.29, 1.82) is 0 Å². The van der Waals surface area contributed by atoms with Crippen molar-refractivity contribution in [2.24, 2.45) is 0 Å². The van der Waals surface area contributed by atoms with E-state index in [0.717, 1.165) is 54.9 Å². The first-order valence-corrected chi connectivity index (χ1v) is 9.69. The average molecular weight is 417 g/mol. The molecule has 0 spiro atoms. The van der Waals surface area contributed by atoms with Gasteiger partial charge in [-0.2, -0.15) is 18.3 Å². The highest BCUT2D eigenvalue weighted by Gasteiger charge is 2.31. The van der Waals surface area contributed by atoms with E-state index >= 15 is 0 Å². The molecular formula is C22H22F3N3O2. The molecule has 0 saturated carbocycles. The van der Waals surface area contributed by atoms with Crippen LogP contribution in [0.3, 0.4) is 0 Å². The molecule has 30 heavy (non-hydrogen) atoms. The number of benzene rings is 2. The number of alkyl halides is 3. The fraction of sp³-hybridized carbons (Fsp3) is 0.318. The van der Waals surface area contributed by atoms with Gasteiger partial charge in [-0.3, -0.25) is 0 Å². The van der Waals surface area contributed by atoms with Crippen LogP contribution in [0.2, 0.25) is 0 Å². The van der Waals surface area contributed by atoms with Crippen molar-refractivity contribution in [1.82, 2.24) is 9.78 Å². The van der Waals surface area contributed by atoms with Crippen molar-refractivity contribution < 1.29 is 22.6 Å². The Morgan fingerprint density at radius 2 is 1.63 bits per heavy atom. The van der Waals surface area contributed by atoms with E-state index < -0.39 is 11.7 Å². The normalized spacial score (nSPS) is 13.9. The maximum absolute atomic E-state index is 13.0. The Bertz CT molecular complexity index is 1020. The molecule has 2 aromatic carbocycles. The summed E-state index contributed by atoms with van der Waals surface area (Å²) in [6, 6.07) is 10.5. The minimum absolute atomic E-state index is 0.550. The van der Waals surface area contributed by atoms with Gasteiger partial charge in [-0.15, -0.1) is 0 Å². The predicted molar refractivity (Wildman–Crippen MR) is 109 cm³/mol. The number of nitrogens with one attached hydrogen (secondary N) is 1. The van der Waals surface area contributed by atoms with Gasteiger partial charge in [0.2, 0.25) is 0 Å². The number of hydrogen-bond acceptors (Lipinski definition) is 4. The second-order valence-corrected chi connectivity index (χ2v) is 7.05. The number of rotatable bonds is 4. The molecule has 1 aliphatic heterocycles. The number of aromatic nitrogens is 2. The monoisotopic (exact) mass is 417 g/mol. The molecule has 0 bridgehead atoms. The third-order valence-electron chi connectivity index (χ3n) is 5.23. The van der Waals surface area contributed by atoms with Crippen LogP contribution in [-0.2, 0) is 12.6 Å². The largest absolute Gasteiger partial charge is 0.496 e. The first-order valence-electron chi connectivity index (χ1n) is 9.69. The number of hydrogen-bond donors (Lipinski definition) is 1. The van der Waals surface area contributed by atoms with Gasteiger partial charge in [0.05, 0.1) is 31.0 Å². The van der Waals surface area contributed by atoms with Crippen LogP contribution in [0.1, 0.15) is 24.0 Å². The summed E-state index contributed by atoms with van der Waals surface area (Å²) < 4.78 is 51.7. The second-order valence-electron chi connectivity index (χ2n) is 7.05. The van der Waals surface area contributed by atoms with Crippen LogP contribution < -0.4 is 14.8 Å². The minimum atomic E-state index is -4.38. The van der Waals surface area contributed by atoms with Crippen molar-refractivity contribution in [2.45, 2.75) is 25.4 Å². The van der Waals surface area contributed by atoms with Gasteiger partial charge < -0.3 is 14.8 Å². The lowest BCUT2D eigenvalue weighted by atomic mass is 10.0. The first-order chi connectivity index (χ1) is 14.4. The van der Waals surface area contributed by atoms with Crippen LogP contribution in [0.15, 0.2) is 42.5 Å². The average Bonchev–Trinajstić information content (AvgIpc) is 2.92. The van der Waals surface area contributed by atoms with Gasteiger partial charge in [0.15, 0.2) is 0 Å². The molecule has 0 radical (unpaired) electrons. The van der Waals surface area contributed by atoms with E-state index in [1.54, 1.807) is 18.9 Å². The number of anilines is 1. The highest BCUT2D eigenvalue weighted by atomic mass is 19.4. The summed E-state index contributed by atoms with van der Waals surface area (Å²) in [5.74, 6) is 2.03. The van der Waals surface area contributed by atoms with Gasteiger partial charge >= 0.3 is 6.18 Å². The Hall–Kier alpha value is -3.16. The SMILES string of the molecule is COc1cccc(OC)c1-c1nn(-c2ccc(C(F)(F)F)cc2)c2c1CCCCN2. The lowest BCUT2D eigenvalue weighted by Gasteiger charge is -2.12. The van der Waals surface area contributed by atoms with Crippen LogP contribution in [0.4, 0.5) is 19.0 Å². The molecule has 8 heteroatoms. The molecule has 0 amide bonds. The number of fused-ring (bicyclic) bond motifs is 1. The van der Waals surface area contributed by atoms with Crippen molar-refractivity contribution >= 4 is 5.82 Å². The fourth-order valence-corrected chi connectivity index (χ4v) is 3.77. The Labute approximate surface area is 172 Å². The van der Waals surface area contributed by atoms with Crippen molar-refractivity contribution in [3.05, 3.63) is 53.6 Å². The first kappa shape index (κ1) is 20.1. The predicted octanol–water partition coefficient (Wildman–Crippen LogP) is 5.32. The van der Waals surface area contributed by atoms with E-state index in [1.807, 2.05) is 18.2 Å². The molecule has 1 aromatic heterocycles. The number of nitrogens with zero attached hydrogens (tertiary/aromatic N) is 2. The minimum Gasteiger partial charge on any atom is -0.496 e.